The molecule has 6 N–H and O–H groups in total. The first-order chi connectivity index (χ1) is 12.9. The molecule has 8 heteroatoms. The van der Waals surface area contributed by atoms with Crippen molar-refractivity contribution >= 4 is 38.7 Å². The van der Waals surface area contributed by atoms with E-state index in [0.29, 0.717) is 29.9 Å². The van der Waals surface area contributed by atoms with Crippen LogP contribution in [-0.4, -0.2) is 36.6 Å². The number of aromatic nitrogens is 1. The van der Waals surface area contributed by atoms with Crippen LogP contribution in [-0.2, 0) is 6.61 Å². The summed E-state index contributed by atoms with van der Waals surface area (Å²) in [6, 6.07) is 5.74. The number of thiophene rings is 1. The minimum atomic E-state index is -2.44. The summed E-state index contributed by atoms with van der Waals surface area (Å²) in [7, 11) is -2.44. The first-order valence-electron chi connectivity index (χ1n) is 8.75. The smallest absolute Gasteiger partial charge is 0.250 e. The molecule has 6 nitrogen and oxygen atoms in total. The van der Waals surface area contributed by atoms with Crippen LogP contribution in [0.2, 0.25) is 0 Å². The van der Waals surface area contributed by atoms with Crippen LogP contribution in [0.1, 0.15) is 39.6 Å². The Kier molecular flexibility index (Phi) is 4.77. The molecule has 0 bridgehead atoms. The van der Waals surface area contributed by atoms with Gasteiger partial charge in [-0.1, -0.05) is 0 Å². The fourth-order valence-corrected chi connectivity index (χ4v) is 6.07. The number of nitrogens with one attached hydrogen (secondary N) is 1. The molecule has 1 aliphatic heterocycles. The maximum atomic E-state index is 12.0. The van der Waals surface area contributed by atoms with E-state index in [9.17, 15) is 19.0 Å². The van der Waals surface area contributed by atoms with Crippen LogP contribution in [0.3, 0.4) is 0 Å². The lowest BCUT2D eigenvalue weighted by atomic mass is 9.91. The molecule has 0 radical (unpaired) electrons. The van der Waals surface area contributed by atoms with Crippen molar-refractivity contribution < 1.29 is 19.0 Å². The van der Waals surface area contributed by atoms with Gasteiger partial charge in [0, 0.05) is 28.0 Å². The van der Waals surface area contributed by atoms with E-state index in [0.717, 1.165) is 32.5 Å². The van der Waals surface area contributed by atoms with E-state index in [4.69, 9.17) is 5.73 Å². The number of fused-ring (bicyclic) bond motifs is 1. The van der Waals surface area contributed by atoms with Crippen molar-refractivity contribution in [2.75, 3.05) is 11.5 Å². The van der Waals surface area contributed by atoms with Gasteiger partial charge in [-0.3, -0.25) is 13.9 Å². The maximum Gasteiger partial charge on any atom is 0.250 e. The van der Waals surface area contributed by atoms with E-state index in [2.05, 4.69) is 4.98 Å². The van der Waals surface area contributed by atoms with Gasteiger partial charge in [0.05, 0.1) is 17.7 Å². The molecule has 1 fully saturated rings. The van der Waals surface area contributed by atoms with Crippen LogP contribution in [0, 0.1) is 0 Å². The van der Waals surface area contributed by atoms with Gasteiger partial charge in [-0.25, -0.2) is 0 Å². The van der Waals surface area contributed by atoms with Crippen molar-refractivity contribution in [3.63, 3.8) is 0 Å². The zero-order valence-corrected chi connectivity index (χ0v) is 16.3. The van der Waals surface area contributed by atoms with Gasteiger partial charge in [0.25, 0.3) is 5.91 Å². The SMILES string of the molecule is NC(=O)c1cc(-c2csc(CO)c2)cc2c(C3CCS(O)(O)CC3)c[nH]c12. The highest BCUT2D eigenvalue weighted by Crippen LogP contribution is 2.49. The average molecular weight is 407 g/mol. The first kappa shape index (κ1) is 18.5. The number of hydrogen-bond acceptors (Lipinski definition) is 5. The number of aromatic amines is 1. The topological polar surface area (TPSA) is 120 Å². The third kappa shape index (κ3) is 3.51. The van der Waals surface area contributed by atoms with Crippen LogP contribution < -0.4 is 5.73 Å². The highest BCUT2D eigenvalue weighted by molar-refractivity contribution is 8.24. The van der Waals surface area contributed by atoms with Crippen molar-refractivity contribution in [1.82, 2.24) is 4.98 Å². The number of nitrogens with two attached hydrogens (primary N) is 1. The van der Waals surface area contributed by atoms with E-state index < -0.39 is 16.5 Å². The van der Waals surface area contributed by atoms with Crippen molar-refractivity contribution in [1.29, 1.82) is 0 Å². The number of amides is 1. The van der Waals surface area contributed by atoms with Crippen LogP contribution in [0.25, 0.3) is 22.0 Å². The lowest BCUT2D eigenvalue weighted by Gasteiger charge is -2.39. The molecule has 1 aromatic carbocycles. The summed E-state index contributed by atoms with van der Waals surface area (Å²) in [6.07, 6.45) is 3.33. The molecule has 144 valence electrons. The van der Waals surface area contributed by atoms with Gasteiger partial charge >= 0.3 is 0 Å². The highest BCUT2D eigenvalue weighted by Gasteiger charge is 2.27. The van der Waals surface area contributed by atoms with Gasteiger partial charge in [-0.2, -0.15) is 10.6 Å². The lowest BCUT2D eigenvalue weighted by Crippen LogP contribution is -2.19. The second kappa shape index (κ2) is 6.96. The fraction of sp³-hybridized carbons (Fsp3) is 0.316. The second-order valence-electron chi connectivity index (χ2n) is 7.00. The van der Waals surface area contributed by atoms with Gasteiger partial charge in [0.15, 0.2) is 0 Å². The van der Waals surface area contributed by atoms with Crippen LogP contribution >= 0.6 is 21.9 Å². The normalized spacial score (nSPS) is 18.6. The van der Waals surface area contributed by atoms with Gasteiger partial charge in [-0.15, -0.1) is 11.3 Å². The highest BCUT2D eigenvalue weighted by atomic mass is 32.3. The number of hydrogen-bond donors (Lipinski definition) is 5. The van der Waals surface area contributed by atoms with Gasteiger partial charge in [0.1, 0.15) is 0 Å². The van der Waals surface area contributed by atoms with Crippen molar-refractivity contribution in [2.24, 2.45) is 5.73 Å². The van der Waals surface area contributed by atoms with Crippen molar-refractivity contribution in [3.8, 4) is 11.1 Å². The molecule has 2 aromatic heterocycles. The molecule has 3 aromatic rings. The number of carbonyl (C=O) groups is 1. The Hall–Kier alpha value is -1.84. The predicted molar refractivity (Wildman–Crippen MR) is 111 cm³/mol. The molecule has 4 rings (SSSR count). The zero-order valence-electron chi connectivity index (χ0n) is 14.6. The number of H-pyrrole nitrogens is 1. The summed E-state index contributed by atoms with van der Waals surface area (Å²) in [5, 5.41) is 12.2. The molecule has 0 unspecified atom stereocenters. The summed E-state index contributed by atoms with van der Waals surface area (Å²) in [6.45, 7) is -0.0144. The van der Waals surface area contributed by atoms with Gasteiger partial charge < -0.3 is 15.8 Å². The number of carbonyl (C=O) groups excluding carboxylic acids is 1. The summed E-state index contributed by atoms with van der Waals surface area (Å²) in [5.74, 6) is 0.546. The molecule has 0 atom stereocenters. The van der Waals surface area contributed by atoms with Crippen molar-refractivity contribution in [2.45, 2.75) is 25.4 Å². The summed E-state index contributed by atoms with van der Waals surface area (Å²) < 4.78 is 19.8. The van der Waals surface area contributed by atoms with E-state index in [1.165, 1.54) is 11.3 Å². The molecule has 0 aliphatic carbocycles. The van der Waals surface area contributed by atoms with E-state index in [1.54, 1.807) is 6.07 Å². The van der Waals surface area contributed by atoms with E-state index in [-0.39, 0.29) is 12.5 Å². The molecule has 0 saturated carbocycles. The Morgan fingerprint density at radius 3 is 2.59 bits per heavy atom. The third-order valence-electron chi connectivity index (χ3n) is 5.26. The molecular formula is C19H22N2O4S2. The summed E-state index contributed by atoms with van der Waals surface area (Å²) in [5.41, 5.74) is 9.69. The Bertz CT molecular complexity index is 998. The number of aliphatic hydroxyl groups is 1. The van der Waals surface area contributed by atoms with Crippen LogP contribution in [0.5, 0.6) is 0 Å². The van der Waals surface area contributed by atoms with Gasteiger partial charge in [0.2, 0.25) is 0 Å². The molecule has 1 saturated heterocycles. The zero-order chi connectivity index (χ0) is 19.2. The number of primary amides is 1. The standard InChI is InChI=1S/C19H22N2O4S2/c20-19(23)16-7-12(13-5-14(9-22)26-10-13)6-15-17(8-21-18(15)16)11-1-3-27(24,25)4-2-11/h5-8,10-11,21-22,24-25H,1-4,9H2,(H2,20,23). The van der Waals surface area contributed by atoms with Crippen LogP contribution in [0.15, 0.2) is 29.8 Å². The molecule has 3 heterocycles. The molecular weight excluding hydrogens is 384 g/mol. The average Bonchev–Trinajstić information content (AvgIpc) is 3.27. The van der Waals surface area contributed by atoms with E-state index >= 15 is 0 Å². The maximum absolute atomic E-state index is 12.0. The quantitative estimate of drug-likeness (QED) is 0.448. The Morgan fingerprint density at radius 1 is 1.22 bits per heavy atom. The summed E-state index contributed by atoms with van der Waals surface area (Å²) in [4.78, 5) is 16.1. The number of rotatable bonds is 4. The Labute approximate surface area is 162 Å². The first-order valence-corrected chi connectivity index (χ1v) is 11.5. The van der Waals surface area contributed by atoms with Gasteiger partial charge in [-0.05, 0) is 59.0 Å². The lowest BCUT2D eigenvalue weighted by molar-refractivity contribution is 0.100. The molecule has 0 spiro atoms. The number of aliphatic hydroxyl groups excluding tert-OH is 1. The van der Waals surface area contributed by atoms with Crippen molar-refractivity contribution in [3.05, 3.63) is 45.8 Å². The Balaban J connectivity index is 1.81. The largest absolute Gasteiger partial charge is 0.391 e. The minimum absolute atomic E-state index is 0.0144. The van der Waals surface area contributed by atoms with Crippen LogP contribution in [0.4, 0.5) is 0 Å². The van der Waals surface area contributed by atoms with E-state index in [1.807, 2.05) is 23.7 Å². The second-order valence-corrected chi connectivity index (χ2v) is 10.4. The number of benzene rings is 1. The molecule has 1 amide bonds. The third-order valence-corrected chi connectivity index (χ3v) is 7.96. The predicted octanol–water partition coefficient (Wildman–Crippen LogP) is 4.12. The molecule has 1 aliphatic rings. The Morgan fingerprint density at radius 2 is 1.96 bits per heavy atom. The fourth-order valence-electron chi connectivity index (χ4n) is 3.79. The minimum Gasteiger partial charge on any atom is -0.391 e. The monoisotopic (exact) mass is 406 g/mol. The molecule has 27 heavy (non-hydrogen) atoms. The summed E-state index contributed by atoms with van der Waals surface area (Å²) >= 11 is 1.47.